The molecule has 0 heterocycles. The normalized spacial score (nSPS) is 13.0. The molecule has 0 aliphatic rings. The standard InChI is InChI=1S/C11H16INO/c1-7(2)11(13)10-8(12)5-4-6-9(10)14-3/h4-7,11H,13H2,1-3H3. The molecule has 2 N–H and O–H groups in total. The molecule has 0 aliphatic carbocycles. The van der Waals surface area contributed by atoms with E-state index in [1.807, 2.05) is 12.1 Å². The van der Waals surface area contributed by atoms with Gasteiger partial charge in [0.2, 0.25) is 0 Å². The Kier molecular flexibility index (Phi) is 4.19. The lowest BCUT2D eigenvalue weighted by molar-refractivity contribution is 0.395. The smallest absolute Gasteiger partial charge is 0.124 e. The highest BCUT2D eigenvalue weighted by Gasteiger charge is 2.17. The molecule has 0 saturated carbocycles. The Bertz CT molecular complexity index is 312. The first-order chi connectivity index (χ1) is 6.57. The summed E-state index contributed by atoms with van der Waals surface area (Å²) in [4.78, 5) is 0. The summed E-state index contributed by atoms with van der Waals surface area (Å²) in [6, 6.07) is 6.04. The minimum Gasteiger partial charge on any atom is -0.496 e. The molecule has 0 spiro atoms. The van der Waals surface area contributed by atoms with Crippen molar-refractivity contribution in [3.8, 4) is 5.75 Å². The summed E-state index contributed by atoms with van der Waals surface area (Å²) in [6.07, 6.45) is 0. The number of halogens is 1. The van der Waals surface area contributed by atoms with Crippen LogP contribution < -0.4 is 10.5 Å². The van der Waals surface area contributed by atoms with Crippen LogP contribution in [0.3, 0.4) is 0 Å². The summed E-state index contributed by atoms with van der Waals surface area (Å²) in [7, 11) is 1.68. The molecule has 78 valence electrons. The second-order valence-electron chi connectivity index (χ2n) is 3.63. The average molecular weight is 305 g/mol. The topological polar surface area (TPSA) is 35.2 Å². The summed E-state index contributed by atoms with van der Waals surface area (Å²) in [6.45, 7) is 4.24. The van der Waals surface area contributed by atoms with E-state index in [2.05, 4.69) is 42.5 Å². The van der Waals surface area contributed by atoms with Crippen LogP contribution in [0.15, 0.2) is 18.2 Å². The van der Waals surface area contributed by atoms with Gasteiger partial charge in [-0.1, -0.05) is 19.9 Å². The van der Waals surface area contributed by atoms with Crippen LogP contribution in [0.1, 0.15) is 25.5 Å². The lowest BCUT2D eigenvalue weighted by atomic mass is 9.96. The molecule has 2 nitrogen and oxygen atoms in total. The molecule has 0 bridgehead atoms. The van der Waals surface area contributed by atoms with E-state index in [0.29, 0.717) is 5.92 Å². The van der Waals surface area contributed by atoms with Crippen molar-refractivity contribution in [3.05, 3.63) is 27.3 Å². The molecule has 0 radical (unpaired) electrons. The lowest BCUT2D eigenvalue weighted by Gasteiger charge is -2.20. The Hall–Kier alpha value is -0.290. The fraction of sp³-hybridized carbons (Fsp3) is 0.455. The van der Waals surface area contributed by atoms with Crippen LogP contribution in [-0.4, -0.2) is 7.11 Å². The number of benzene rings is 1. The predicted octanol–water partition coefficient (Wildman–Crippen LogP) is 2.96. The van der Waals surface area contributed by atoms with Gasteiger partial charge in [-0.2, -0.15) is 0 Å². The van der Waals surface area contributed by atoms with Crippen molar-refractivity contribution in [2.45, 2.75) is 19.9 Å². The molecule has 0 aromatic heterocycles. The van der Waals surface area contributed by atoms with Crippen molar-refractivity contribution in [3.63, 3.8) is 0 Å². The van der Waals surface area contributed by atoms with E-state index >= 15 is 0 Å². The predicted molar refractivity (Wildman–Crippen MR) is 67.5 cm³/mol. The third kappa shape index (κ3) is 2.39. The van der Waals surface area contributed by atoms with Crippen molar-refractivity contribution in [2.24, 2.45) is 11.7 Å². The minimum atomic E-state index is 0.0399. The summed E-state index contributed by atoms with van der Waals surface area (Å²) in [5, 5.41) is 0. The summed E-state index contributed by atoms with van der Waals surface area (Å²) in [5.41, 5.74) is 7.25. The van der Waals surface area contributed by atoms with Gasteiger partial charge in [0.1, 0.15) is 5.75 Å². The number of methoxy groups -OCH3 is 1. The van der Waals surface area contributed by atoms with Gasteiger partial charge in [0.25, 0.3) is 0 Å². The molecule has 1 aromatic rings. The van der Waals surface area contributed by atoms with Gasteiger partial charge in [-0.05, 0) is 40.6 Å². The van der Waals surface area contributed by atoms with E-state index in [-0.39, 0.29) is 6.04 Å². The van der Waals surface area contributed by atoms with E-state index < -0.39 is 0 Å². The zero-order valence-electron chi connectivity index (χ0n) is 8.75. The van der Waals surface area contributed by atoms with Crippen molar-refractivity contribution in [2.75, 3.05) is 7.11 Å². The molecule has 1 unspecified atom stereocenters. The highest BCUT2D eigenvalue weighted by molar-refractivity contribution is 14.1. The quantitative estimate of drug-likeness (QED) is 0.872. The average Bonchev–Trinajstić information content (AvgIpc) is 2.16. The van der Waals surface area contributed by atoms with E-state index in [0.717, 1.165) is 11.3 Å². The molecule has 1 aromatic carbocycles. The van der Waals surface area contributed by atoms with Crippen molar-refractivity contribution in [1.82, 2.24) is 0 Å². The van der Waals surface area contributed by atoms with E-state index in [4.69, 9.17) is 10.5 Å². The van der Waals surface area contributed by atoms with Crippen LogP contribution in [0.25, 0.3) is 0 Å². The Morgan fingerprint density at radius 3 is 2.50 bits per heavy atom. The van der Waals surface area contributed by atoms with Crippen LogP contribution >= 0.6 is 22.6 Å². The fourth-order valence-corrected chi connectivity index (χ4v) is 2.19. The summed E-state index contributed by atoms with van der Waals surface area (Å²) < 4.78 is 6.48. The first kappa shape index (κ1) is 11.8. The van der Waals surface area contributed by atoms with Gasteiger partial charge in [0.05, 0.1) is 7.11 Å². The SMILES string of the molecule is COc1cccc(I)c1C(N)C(C)C. The van der Waals surface area contributed by atoms with Crippen LogP contribution in [-0.2, 0) is 0 Å². The first-order valence-corrected chi connectivity index (χ1v) is 5.73. The Balaban J connectivity index is 3.16. The molecular formula is C11H16INO. The van der Waals surface area contributed by atoms with Gasteiger partial charge in [-0.25, -0.2) is 0 Å². The van der Waals surface area contributed by atoms with Crippen LogP contribution in [0.2, 0.25) is 0 Å². The highest BCUT2D eigenvalue weighted by Crippen LogP contribution is 2.31. The van der Waals surface area contributed by atoms with E-state index in [1.54, 1.807) is 7.11 Å². The second kappa shape index (κ2) is 4.98. The zero-order valence-corrected chi connectivity index (χ0v) is 10.9. The van der Waals surface area contributed by atoms with Gasteiger partial charge in [0.15, 0.2) is 0 Å². The third-order valence-corrected chi connectivity index (χ3v) is 3.23. The fourth-order valence-electron chi connectivity index (χ4n) is 1.35. The maximum absolute atomic E-state index is 6.13. The molecule has 1 rings (SSSR count). The minimum absolute atomic E-state index is 0.0399. The number of rotatable bonds is 3. The Labute approximate surface area is 99.0 Å². The molecular weight excluding hydrogens is 289 g/mol. The monoisotopic (exact) mass is 305 g/mol. The maximum Gasteiger partial charge on any atom is 0.124 e. The molecule has 1 atom stereocenters. The van der Waals surface area contributed by atoms with Gasteiger partial charge in [0, 0.05) is 15.2 Å². The van der Waals surface area contributed by atoms with Crippen molar-refractivity contribution >= 4 is 22.6 Å². The molecule has 14 heavy (non-hydrogen) atoms. The molecule has 0 aliphatic heterocycles. The number of ether oxygens (including phenoxy) is 1. The maximum atomic E-state index is 6.13. The van der Waals surface area contributed by atoms with Gasteiger partial charge in [-0.15, -0.1) is 0 Å². The number of hydrogen-bond donors (Lipinski definition) is 1. The van der Waals surface area contributed by atoms with Crippen molar-refractivity contribution in [1.29, 1.82) is 0 Å². The van der Waals surface area contributed by atoms with E-state index in [1.165, 1.54) is 3.57 Å². The molecule has 0 fully saturated rings. The van der Waals surface area contributed by atoms with Crippen LogP contribution in [0.5, 0.6) is 5.75 Å². The van der Waals surface area contributed by atoms with Crippen molar-refractivity contribution < 1.29 is 4.74 Å². The first-order valence-electron chi connectivity index (χ1n) is 4.66. The largest absolute Gasteiger partial charge is 0.496 e. The Morgan fingerprint density at radius 2 is 2.00 bits per heavy atom. The Morgan fingerprint density at radius 1 is 1.36 bits per heavy atom. The molecule has 3 heteroatoms. The molecule has 0 saturated heterocycles. The zero-order chi connectivity index (χ0) is 10.7. The highest BCUT2D eigenvalue weighted by atomic mass is 127. The second-order valence-corrected chi connectivity index (χ2v) is 4.79. The van der Waals surface area contributed by atoms with Crippen LogP contribution in [0.4, 0.5) is 0 Å². The van der Waals surface area contributed by atoms with Gasteiger partial charge in [-0.3, -0.25) is 0 Å². The van der Waals surface area contributed by atoms with Crippen LogP contribution in [0, 0.1) is 9.49 Å². The molecule has 0 amide bonds. The van der Waals surface area contributed by atoms with Gasteiger partial charge < -0.3 is 10.5 Å². The summed E-state index contributed by atoms with van der Waals surface area (Å²) >= 11 is 2.30. The third-order valence-electron chi connectivity index (χ3n) is 2.28. The number of hydrogen-bond acceptors (Lipinski definition) is 2. The lowest BCUT2D eigenvalue weighted by Crippen LogP contribution is -2.18. The van der Waals surface area contributed by atoms with Gasteiger partial charge >= 0.3 is 0 Å². The van der Waals surface area contributed by atoms with E-state index in [9.17, 15) is 0 Å². The summed E-state index contributed by atoms with van der Waals surface area (Å²) in [5.74, 6) is 1.30. The number of nitrogens with two attached hydrogens (primary N) is 1.